The quantitative estimate of drug-likeness (QED) is 0.844. The molecular formula is C12H13Cl2NO5S. The first-order valence-electron chi connectivity index (χ1n) is 6.11. The number of carboxylic acids is 1. The summed E-state index contributed by atoms with van der Waals surface area (Å²) in [5, 5.41) is 8.53. The molecule has 0 radical (unpaired) electrons. The maximum Gasteiger partial charge on any atom is 0.338 e. The van der Waals surface area contributed by atoms with Gasteiger partial charge in [-0.05, 0) is 24.5 Å². The van der Waals surface area contributed by atoms with Gasteiger partial charge in [-0.25, -0.2) is 17.9 Å². The van der Waals surface area contributed by atoms with Crippen LogP contribution >= 0.6 is 23.2 Å². The lowest BCUT2D eigenvalue weighted by Crippen LogP contribution is -2.30. The number of hydrogen-bond acceptors (Lipinski definition) is 4. The summed E-state index contributed by atoms with van der Waals surface area (Å²) in [6.07, 6.45) is 0.775. The van der Waals surface area contributed by atoms with Crippen LogP contribution in [0.4, 0.5) is 0 Å². The Hall–Kier alpha value is -0.860. The van der Waals surface area contributed by atoms with E-state index in [0.717, 1.165) is 6.42 Å². The Morgan fingerprint density at radius 1 is 1.43 bits per heavy atom. The average Bonchev–Trinajstić information content (AvgIpc) is 2.88. The summed E-state index contributed by atoms with van der Waals surface area (Å²) >= 11 is 11.6. The number of sulfonamides is 1. The second kappa shape index (κ2) is 6.50. The van der Waals surface area contributed by atoms with Gasteiger partial charge in [0.25, 0.3) is 0 Å². The van der Waals surface area contributed by atoms with Crippen LogP contribution in [0.15, 0.2) is 17.0 Å². The fraction of sp³-hybridized carbons (Fsp3) is 0.417. The molecule has 1 aromatic carbocycles. The highest BCUT2D eigenvalue weighted by Crippen LogP contribution is 2.31. The molecule has 1 unspecified atom stereocenters. The molecule has 2 rings (SSSR count). The Bertz CT molecular complexity index is 656. The molecule has 1 aliphatic heterocycles. The molecule has 2 N–H and O–H groups in total. The van der Waals surface area contributed by atoms with Gasteiger partial charge in [0.2, 0.25) is 10.0 Å². The summed E-state index contributed by atoms with van der Waals surface area (Å²) in [7, 11) is -3.91. The second-order valence-corrected chi connectivity index (χ2v) is 7.14. The molecule has 1 aromatic rings. The topological polar surface area (TPSA) is 92.7 Å². The summed E-state index contributed by atoms with van der Waals surface area (Å²) in [5.41, 5.74) is -0.426. The van der Waals surface area contributed by atoms with Crippen molar-refractivity contribution in [3.05, 3.63) is 27.7 Å². The van der Waals surface area contributed by atoms with Gasteiger partial charge in [0.15, 0.2) is 0 Å². The van der Waals surface area contributed by atoms with E-state index in [2.05, 4.69) is 4.72 Å². The lowest BCUT2D eigenvalue weighted by atomic mass is 10.1. The van der Waals surface area contributed by atoms with Crippen molar-refractivity contribution in [3.63, 3.8) is 0 Å². The third-order valence-corrected chi connectivity index (χ3v) is 5.43. The zero-order valence-corrected chi connectivity index (χ0v) is 13.1. The van der Waals surface area contributed by atoms with E-state index in [4.69, 9.17) is 33.0 Å². The van der Waals surface area contributed by atoms with Crippen LogP contribution in [0.5, 0.6) is 0 Å². The molecule has 1 heterocycles. The maximum absolute atomic E-state index is 12.2. The Kier molecular flexibility index (Phi) is 5.11. The molecule has 1 fully saturated rings. The molecule has 0 saturated carbocycles. The van der Waals surface area contributed by atoms with Crippen molar-refractivity contribution in [1.29, 1.82) is 0 Å². The van der Waals surface area contributed by atoms with Crippen LogP contribution in [0, 0.1) is 5.92 Å². The van der Waals surface area contributed by atoms with Crippen molar-refractivity contribution >= 4 is 39.2 Å². The first-order valence-corrected chi connectivity index (χ1v) is 8.35. The number of nitrogens with one attached hydrogen (secondary N) is 1. The van der Waals surface area contributed by atoms with E-state index in [0.29, 0.717) is 13.2 Å². The fourth-order valence-corrected chi connectivity index (χ4v) is 4.02. The van der Waals surface area contributed by atoms with Gasteiger partial charge in [0, 0.05) is 13.2 Å². The van der Waals surface area contributed by atoms with E-state index in [1.807, 2.05) is 0 Å². The van der Waals surface area contributed by atoms with Crippen LogP contribution in [0.1, 0.15) is 16.8 Å². The number of benzene rings is 1. The van der Waals surface area contributed by atoms with E-state index in [1.54, 1.807) is 0 Å². The first kappa shape index (κ1) is 16.5. The SMILES string of the molecule is O=C(O)c1c(Cl)ccc(S(=O)(=O)NCC2CCOC2)c1Cl. The number of ether oxygens (including phenoxy) is 1. The summed E-state index contributed by atoms with van der Waals surface area (Å²) in [6.45, 7) is 1.32. The molecule has 0 bridgehead atoms. The van der Waals surface area contributed by atoms with Gasteiger partial charge in [-0.2, -0.15) is 0 Å². The summed E-state index contributed by atoms with van der Waals surface area (Å²) < 4.78 is 32.0. The molecule has 0 aromatic heterocycles. The summed E-state index contributed by atoms with van der Waals surface area (Å²) in [4.78, 5) is 10.8. The third-order valence-electron chi connectivity index (χ3n) is 3.15. The number of hydrogen-bond donors (Lipinski definition) is 2. The molecular weight excluding hydrogens is 341 g/mol. The van der Waals surface area contributed by atoms with E-state index in [-0.39, 0.29) is 22.4 Å². The predicted octanol–water partition coefficient (Wildman–Crippen LogP) is 2.01. The average molecular weight is 354 g/mol. The van der Waals surface area contributed by atoms with E-state index in [1.165, 1.54) is 12.1 Å². The molecule has 0 spiro atoms. The molecule has 21 heavy (non-hydrogen) atoms. The highest BCUT2D eigenvalue weighted by Gasteiger charge is 2.26. The normalized spacial score (nSPS) is 18.9. The van der Waals surface area contributed by atoms with Crippen LogP contribution in [-0.4, -0.2) is 39.3 Å². The Balaban J connectivity index is 2.27. The number of aromatic carboxylic acids is 1. The van der Waals surface area contributed by atoms with Gasteiger partial charge in [-0.1, -0.05) is 23.2 Å². The van der Waals surface area contributed by atoms with Gasteiger partial charge < -0.3 is 9.84 Å². The zero-order chi connectivity index (χ0) is 15.6. The largest absolute Gasteiger partial charge is 0.478 e. The Labute approximate surface area is 132 Å². The van der Waals surface area contributed by atoms with Gasteiger partial charge >= 0.3 is 5.97 Å². The van der Waals surface area contributed by atoms with E-state index >= 15 is 0 Å². The molecule has 1 atom stereocenters. The second-order valence-electron chi connectivity index (χ2n) is 4.62. The van der Waals surface area contributed by atoms with Gasteiger partial charge in [-0.15, -0.1) is 0 Å². The Morgan fingerprint density at radius 3 is 2.71 bits per heavy atom. The molecule has 0 amide bonds. The minimum Gasteiger partial charge on any atom is -0.478 e. The van der Waals surface area contributed by atoms with Crippen LogP contribution in [0.2, 0.25) is 10.0 Å². The zero-order valence-electron chi connectivity index (χ0n) is 10.8. The lowest BCUT2D eigenvalue weighted by molar-refractivity contribution is 0.0697. The number of carbonyl (C=O) groups is 1. The molecule has 9 heteroatoms. The number of halogens is 2. The van der Waals surface area contributed by atoms with Crippen molar-refractivity contribution in [1.82, 2.24) is 4.72 Å². The number of rotatable bonds is 5. The standard InChI is InChI=1S/C12H13Cl2NO5S/c13-8-1-2-9(11(14)10(8)12(16)17)21(18,19)15-5-7-3-4-20-6-7/h1-2,7,15H,3-6H2,(H,16,17). The number of carboxylic acid groups (broad SMARTS) is 1. The minimum atomic E-state index is -3.91. The fourth-order valence-electron chi connectivity index (χ4n) is 1.99. The predicted molar refractivity (Wildman–Crippen MR) is 77.5 cm³/mol. The van der Waals surface area contributed by atoms with Crippen LogP contribution < -0.4 is 4.72 Å². The summed E-state index contributed by atoms with van der Waals surface area (Å²) in [5.74, 6) is -1.28. The monoisotopic (exact) mass is 353 g/mol. The molecule has 0 aliphatic carbocycles. The molecule has 6 nitrogen and oxygen atoms in total. The summed E-state index contributed by atoms with van der Waals surface area (Å²) in [6, 6.07) is 2.38. The van der Waals surface area contributed by atoms with Crippen molar-refractivity contribution in [2.24, 2.45) is 5.92 Å². The van der Waals surface area contributed by atoms with Crippen molar-refractivity contribution < 1.29 is 23.1 Å². The highest BCUT2D eigenvalue weighted by molar-refractivity contribution is 7.89. The van der Waals surface area contributed by atoms with Crippen LogP contribution in [-0.2, 0) is 14.8 Å². The first-order chi connectivity index (χ1) is 9.83. The van der Waals surface area contributed by atoms with Crippen LogP contribution in [0.25, 0.3) is 0 Å². The third kappa shape index (κ3) is 3.67. The van der Waals surface area contributed by atoms with Gasteiger partial charge in [0.05, 0.1) is 22.2 Å². The van der Waals surface area contributed by atoms with Crippen molar-refractivity contribution in [3.8, 4) is 0 Å². The van der Waals surface area contributed by atoms with Crippen molar-refractivity contribution in [2.75, 3.05) is 19.8 Å². The smallest absolute Gasteiger partial charge is 0.338 e. The van der Waals surface area contributed by atoms with Gasteiger partial charge in [0.1, 0.15) is 4.90 Å². The van der Waals surface area contributed by atoms with Gasteiger partial charge in [-0.3, -0.25) is 0 Å². The highest BCUT2D eigenvalue weighted by atomic mass is 35.5. The lowest BCUT2D eigenvalue weighted by Gasteiger charge is -2.13. The van der Waals surface area contributed by atoms with E-state index < -0.39 is 26.6 Å². The molecule has 116 valence electrons. The van der Waals surface area contributed by atoms with Crippen molar-refractivity contribution in [2.45, 2.75) is 11.3 Å². The Morgan fingerprint density at radius 2 is 2.14 bits per heavy atom. The molecule has 1 saturated heterocycles. The minimum absolute atomic E-state index is 0.102. The molecule has 1 aliphatic rings. The maximum atomic E-state index is 12.2. The van der Waals surface area contributed by atoms with Crippen LogP contribution in [0.3, 0.4) is 0 Å². The van der Waals surface area contributed by atoms with E-state index in [9.17, 15) is 13.2 Å².